The SMILES string of the molecule is Cc1nc(Cl)nc(NCCCN(C)c2ccccc2)c1N. The summed E-state index contributed by atoms with van der Waals surface area (Å²) >= 11 is 5.84. The lowest BCUT2D eigenvalue weighted by atomic mass is 10.3. The van der Waals surface area contributed by atoms with E-state index in [1.165, 1.54) is 5.69 Å². The number of benzene rings is 1. The topological polar surface area (TPSA) is 67.1 Å². The van der Waals surface area contributed by atoms with Crippen LogP contribution in [0.5, 0.6) is 0 Å². The zero-order chi connectivity index (χ0) is 15.2. The van der Waals surface area contributed by atoms with E-state index in [2.05, 4.69) is 39.4 Å². The smallest absolute Gasteiger partial charge is 0.224 e. The van der Waals surface area contributed by atoms with E-state index in [4.69, 9.17) is 17.3 Å². The number of nitrogens with one attached hydrogen (secondary N) is 1. The minimum absolute atomic E-state index is 0.214. The zero-order valence-electron chi connectivity index (χ0n) is 12.3. The van der Waals surface area contributed by atoms with Gasteiger partial charge < -0.3 is 16.0 Å². The van der Waals surface area contributed by atoms with Crippen molar-refractivity contribution >= 4 is 28.8 Å². The molecule has 0 bridgehead atoms. The van der Waals surface area contributed by atoms with Gasteiger partial charge in [-0.05, 0) is 37.1 Å². The van der Waals surface area contributed by atoms with Crippen LogP contribution in [-0.4, -0.2) is 30.1 Å². The second-order valence-corrected chi connectivity index (χ2v) is 5.22. The summed E-state index contributed by atoms with van der Waals surface area (Å²) in [5, 5.41) is 3.43. The first-order chi connectivity index (χ1) is 10.1. The summed E-state index contributed by atoms with van der Waals surface area (Å²) < 4.78 is 0. The monoisotopic (exact) mass is 305 g/mol. The van der Waals surface area contributed by atoms with Crippen molar-refractivity contribution in [3.63, 3.8) is 0 Å². The third-order valence-electron chi connectivity index (χ3n) is 3.27. The Labute approximate surface area is 130 Å². The van der Waals surface area contributed by atoms with Crippen molar-refractivity contribution < 1.29 is 0 Å². The highest BCUT2D eigenvalue weighted by Gasteiger charge is 2.07. The van der Waals surface area contributed by atoms with Crippen LogP contribution in [0.2, 0.25) is 5.28 Å². The number of rotatable bonds is 6. The second kappa shape index (κ2) is 7.13. The number of para-hydroxylation sites is 1. The fourth-order valence-electron chi connectivity index (χ4n) is 2.02. The summed E-state index contributed by atoms with van der Waals surface area (Å²) in [4.78, 5) is 10.3. The molecule has 0 aliphatic heterocycles. The van der Waals surface area contributed by atoms with Gasteiger partial charge in [0.1, 0.15) is 0 Å². The molecule has 112 valence electrons. The molecule has 5 nitrogen and oxygen atoms in total. The quantitative estimate of drug-likeness (QED) is 0.634. The fourth-order valence-corrected chi connectivity index (χ4v) is 2.23. The van der Waals surface area contributed by atoms with Crippen molar-refractivity contribution in [2.75, 3.05) is 36.1 Å². The van der Waals surface area contributed by atoms with E-state index in [9.17, 15) is 0 Å². The van der Waals surface area contributed by atoms with Crippen LogP contribution < -0.4 is 16.0 Å². The molecule has 1 aromatic heterocycles. The van der Waals surface area contributed by atoms with E-state index in [-0.39, 0.29) is 5.28 Å². The lowest BCUT2D eigenvalue weighted by molar-refractivity contribution is 0.814. The lowest BCUT2D eigenvalue weighted by Crippen LogP contribution is -2.21. The van der Waals surface area contributed by atoms with Crippen molar-refractivity contribution in [1.82, 2.24) is 9.97 Å². The van der Waals surface area contributed by atoms with Crippen LogP contribution in [0, 0.1) is 6.92 Å². The molecule has 0 fully saturated rings. The molecule has 0 radical (unpaired) electrons. The average molecular weight is 306 g/mol. The molecular weight excluding hydrogens is 286 g/mol. The molecule has 0 saturated carbocycles. The number of aryl methyl sites for hydroxylation is 1. The van der Waals surface area contributed by atoms with Gasteiger partial charge >= 0.3 is 0 Å². The van der Waals surface area contributed by atoms with E-state index in [0.29, 0.717) is 17.2 Å². The van der Waals surface area contributed by atoms with Crippen molar-refractivity contribution in [1.29, 1.82) is 0 Å². The maximum absolute atomic E-state index is 5.93. The van der Waals surface area contributed by atoms with Crippen LogP contribution in [-0.2, 0) is 0 Å². The summed E-state index contributed by atoms with van der Waals surface area (Å²) in [7, 11) is 2.08. The summed E-state index contributed by atoms with van der Waals surface area (Å²) in [6.07, 6.45) is 0.964. The Hall–Kier alpha value is -2.01. The molecule has 6 heteroatoms. The number of halogens is 1. The number of hydrogen-bond donors (Lipinski definition) is 2. The second-order valence-electron chi connectivity index (χ2n) is 4.88. The Kier molecular flexibility index (Phi) is 5.22. The van der Waals surface area contributed by atoms with Gasteiger partial charge in [0.05, 0.1) is 11.4 Å². The Bertz CT molecular complexity index is 588. The molecule has 0 atom stereocenters. The molecule has 0 amide bonds. The van der Waals surface area contributed by atoms with E-state index in [0.717, 1.165) is 19.5 Å². The molecule has 0 unspecified atom stereocenters. The standard InChI is InChI=1S/C15H20ClN5/c1-11-13(17)14(20-15(16)19-11)18-9-6-10-21(2)12-7-4-3-5-8-12/h3-5,7-8H,6,9-10,17H2,1-2H3,(H,18,19,20). The molecular formula is C15H20ClN5. The van der Waals surface area contributed by atoms with E-state index >= 15 is 0 Å². The van der Waals surface area contributed by atoms with Crippen LogP contribution >= 0.6 is 11.6 Å². The van der Waals surface area contributed by atoms with Gasteiger partial charge in [-0.1, -0.05) is 18.2 Å². The molecule has 1 heterocycles. The van der Waals surface area contributed by atoms with Gasteiger partial charge in [0, 0.05) is 25.8 Å². The highest BCUT2D eigenvalue weighted by molar-refractivity contribution is 6.28. The van der Waals surface area contributed by atoms with Crippen molar-refractivity contribution in [2.24, 2.45) is 0 Å². The number of anilines is 3. The molecule has 0 aliphatic rings. The summed E-state index contributed by atoms with van der Waals surface area (Å²) in [5.41, 5.74) is 8.38. The predicted molar refractivity (Wildman–Crippen MR) is 89.0 cm³/mol. The van der Waals surface area contributed by atoms with Crippen LogP contribution in [0.1, 0.15) is 12.1 Å². The molecule has 3 N–H and O–H groups in total. The highest BCUT2D eigenvalue weighted by Crippen LogP contribution is 2.20. The van der Waals surface area contributed by atoms with Crippen molar-refractivity contribution in [3.8, 4) is 0 Å². The number of nitrogens with zero attached hydrogens (tertiary/aromatic N) is 3. The predicted octanol–water partition coefficient (Wildman–Crippen LogP) is 2.96. The molecule has 2 rings (SSSR count). The summed E-state index contributed by atoms with van der Waals surface area (Å²) in [6, 6.07) is 10.3. The maximum Gasteiger partial charge on any atom is 0.224 e. The minimum atomic E-state index is 0.214. The van der Waals surface area contributed by atoms with Gasteiger partial charge in [-0.25, -0.2) is 4.98 Å². The largest absolute Gasteiger partial charge is 0.394 e. The van der Waals surface area contributed by atoms with Crippen LogP contribution in [0.3, 0.4) is 0 Å². The van der Waals surface area contributed by atoms with E-state index in [1.54, 1.807) is 0 Å². The number of nitrogens with two attached hydrogens (primary N) is 1. The maximum atomic E-state index is 5.93. The molecule has 21 heavy (non-hydrogen) atoms. The molecule has 2 aromatic rings. The Morgan fingerprint density at radius 1 is 1.24 bits per heavy atom. The Balaban J connectivity index is 1.83. The highest BCUT2D eigenvalue weighted by atomic mass is 35.5. The van der Waals surface area contributed by atoms with E-state index < -0.39 is 0 Å². The normalized spacial score (nSPS) is 10.4. The number of aromatic nitrogens is 2. The Morgan fingerprint density at radius 3 is 2.67 bits per heavy atom. The van der Waals surface area contributed by atoms with Gasteiger partial charge in [0.25, 0.3) is 0 Å². The van der Waals surface area contributed by atoms with Crippen molar-refractivity contribution in [3.05, 3.63) is 41.3 Å². The van der Waals surface area contributed by atoms with Crippen molar-refractivity contribution in [2.45, 2.75) is 13.3 Å². The third kappa shape index (κ3) is 4.23. The van der Waals surface area contributed by atoms with Gasteiger partial charge in [0.15, 0.2) is 5.82 Å². The summed E-state index contributed by atoms with van der Waals surface area (Å²) in [5.74, 6) is 0.606. The number of hydrogen-bond acceptors (Lipinski definition) is 5. The first-order valence-corrected chi connectivity index (χ1v) is 7.25. The average Bonchev–Trinajstić information content (AvgIpc) is 2.49. The van der Waals surface area contributed by atoms with Crippen LogP contribution in [0.15, 0.2) is 30.3 Å². The van der Waals surface area contributed by atoms with Gasteiger partial charge in [-0.2, -0.15) is 4.98 Å². The first kappa shape index (κ1) is 15.4. The van der Waals surface area contributed by atoms with E-state index in [1.807, 2.05) is 25.1 Å². The summed E-state index contributed by atoms with van der Waals surface area (Å²) in [6.45, 7) is 3.53. The number of nitrogen functional groups attached to an aromatic ring is 1. The zero-order valence-corrected chi connectivity index (χ0v) is 13.1. The minimum Gasteiger partial charge on any atom is -0.394 e. The van der Waals surface area contributed by atoms with Gasteiger partial charge in [-0.15, -0.1) is 0 Å². The third-order valence-corrected chi connectivity index (χ3v) is 3.44. The molecule has 1 aromatic carbocycles. The molecule has 0 spiro atoms. The van der Waals surface area contributed by atoms with Crippen LogP contribution in [0.4, 0.5) is 17.2 Å². The fraction of sp³-hybridized carbons (Fsp3) is 0.333. The van der Waals surface area contributed by atoms with Crippen LogP contribution in [0.25, 0.3) is 0 Å². The molecule has 0 aliphatic carbocycles. The van der Waals surface area contributed by atoms with Gasteiger partial charge in [-0.3, -0.25) is 0 Å². The molecule has 0 saturated heterocycles. The first-order valence-electron chi connectivity index (χ1n) is 6.87. The van der Waals surface area contributed by atoms with Gasteiger partial charge in [0.2, 0.25) is 5.28 Å². The lowest BCUT2D eigenvalue weighted by Gasteiger charge is -2.19. The Morgan fingerprint density at radius 2 is 1.95 bits per heavy atom.